The first-order chi connectivity index (χ1) is 10.1. The van der Waals surface area contributed by atoms with E-state index < -0.39 is 0 Å². The highest BCUT2D eigenvalue weighted by molar-refractivity contribution is 5.79. The molecular formula is C16H19N3O2. The zero-order valence-electron chi connectivity index (χ0n) is 12.3. The van der Waals surface area contributed by atoms with E-state index in [0.29, 0.717) is 13.0 Å². The first kappa shape index (κ1) is 13.7. The number of aryl methyl sites for hydroxylation is 2. The number of rotatable bonds is 2. The molecule has 0 saturated carbocycles. The van der Waals surface area contributed by atoms with E-state index in [1.807, 2.05) is 30.9 Å². The monoisotopic (exact) mass is 285 g/mol. The van der Waals surface area contributed by atoms with Crippen molar-refractivity contribution in [2.75, 3.05) is 12.3 Å². The summed E-state index contributed by atoms with van der Waals surface area (Å²) < 4.78 is 5.12. The highest BCUT2D eigenvalue weighted by atomic mass is 16.5. The summed E-state index contributed by atoms with van der Waals surface area (Å²) in [5, 5.41) is 3.90. The van der Waals surface area contributed by atoms with E-state index in [9.17, 15) is 4.79 Å². The van der Waals surface area contributed by atoms with Gasteiger partial charge in [0.2, 0.25) is 5.91 Å². The van der Waals surface area contributed by atoms with Crippen LogP contribution in [0.25, 0.3) is 0 Å². The minimum atomic E-state index is 0.0957. The molecule has 5 nitrogen and oxygen atoms in total. The summed E-state index contributed by atoms with van der Waals surface area (Å²) in [5.41, 5.74) is 10.8. The Morgan fingerprint density at radius 3 is 2.95 bits per heavy atom. The van der Waals surface area contributed by atoms with Gasteiger partial charge in [0.05, 0.1) is 12.1 Å². The fourth-order valence-electron chi connectivity index (χ4n) is 2.84. The third kappa shape index (κ3) is 2.51. The van der Waals surface area contributed by atoms with Crippen molar-refractivity contribution in [3.8, 4) is 0 Å². The standard InChI is InChI=1S/C16H19N3O2/c1-10-13(11(2)21-18-10)8-16(20)19-7-6-12-4-3-5-15(17)14(12)9-19/h3-5H,6-9,17H2,1-2H3. The average Bonchev–Trinajstić information content (AvgIpc) is 2.79. The number of aromatic nitrogens is 1. The van der Waals surface area contributed by atoms with Crippen LogP contribution in [0.3, 0.4) is 0 Å². The first-order valence-corrected chi connectivity index (χ1v) is 7.12. The Bertz CT molecular complexity index is 671. The molecule has 0 fully saturated rings. The number of hydrogen-bond donors (Lipinski definition) is 1. The van der Waals surface area contributed by atoms with E-state index >= 15 is 0 Å². The fourth-order valence-corrected chi connectivity index (χ4v) is 2.84. The molecular weight excluding hydrogens is 266 g/mol. The van der Waals surface area contributed by atoms with E-state index in [1.54, 1.807) is 0 Å². The summed E-state index contributed by atoms with van der Waals surface area (Å²) in [6.45, 7) is 5.03. The molecule has 0 unspecified atom stereocenters. The number of amides is 1. The van der Waals surface area contributed by atoms with Crippen LogP contribution in [0.15, 0.2) is 22.7 Å². The Labute approximate surface area is 123 Å². The maximum Gasteiger partial charge on any atom is 0.227 e. The molecule has 0 bridgehead atoms. The van der Waals surface area contributed by atoms with Crippen LogP contribution < -0.4 is 5.73 Å². The molecule has 0 spiro atoms. The van der Waals surface area contributed by atoms with Gasteiger partial charge in [-0.2, -0.15) is 0 Å². The van der Waals surface area contributed by atoms with E-state index in [1.165, 1.54) is 5.56 Å². The molecule has 3 rings (SSSR count). The summed E-state index contributed by atoms with van der Waals surface area (Å²) in [7, 11) is 0. The molecule has 0 radical (unpaired) electrons. The molecule has 1 aromatic carbocycles. The number of nitrogens with zero attached hydrogens (tertiary/aromatic N) is 2. The molecule has 1 aliphatic heterocycles. The number of anilines is 1. The van der Waals surface area contributed by atoms with Gasteiger partial charge in [0.25, 0.3) is 0 Å². The largest absolute Gasteiger partial charge is 0.398 e. The van der Waals surface area contributed by atoms with Crippen LogP contribution in [0, 0.1) is 13.8 Å². The lowest BCUT2D eigenvalue weighted by atomic mass is 9.97. The maximum atomic E-state index is 12.5. The SMILES string of the molecule is Cc1noc(C)c1CC(=O)N1CCc2cccc(N)c2C1. The van der Waals surface area contributed by atoms with Crippen molar-refractivity contribution >= 4 is 11.6 Å². The van der Waals surface area contributed by atoms with Crippen molar-refractivity contribution < 1.29 is 9.32 Å². The Morgan fingerprint density at radius 1 is 1.43 bits per heavy atom. The number of fused-ring (bicyclic) bond motifs is 1. The second-order valence-electron chi connectivity index (χ2n) is 5.53. The van der Waals surface area contributed by atoms with Gasteiger partial charge in [-0.05, 0) is 37.5 Å². The van der Waals surface area contributed by atoms with Gasteiger partial charge in [0.15, 0.2) is 0 Å². The van der Waals surface area contributed by atoms with E-state index in [0.717, 1.165) is 41.2 Å². The number of carbonyl (C=O) groups is 1. The normalized spacial score (nSPS) is 14.1. The Hall–Kier alpha value is -2.30. The van der Waals surface area contributed by atoms with E-state index in [4.69, 9.17) is 10.3 Å². The Morgan fingerprint density at radius 2 is 2.24 bits per heavy atom. The Kier molecular flexibility index (Phi) is 3.41. The van der Waals surface area contributed by atoms with Gasteiger partial charge in [-0.3, -0.25) is 4.79 Å². The lowest BCUT2D eigenvalue weighted by Gasteiger charge is -2.29. The topological polar surface area (TPSA) is 72.4 Å². The van der Waals surface area contributed by atoms with Crippen LogP contribution in [-0.2, 0) is 24.2 Å². The average molecular weight is 285 g/mol. The number of nitrogen functional groups attached to an aromatic ring is 1. The van der Waals surface area contributed by atoms with Gasteiger partial charge in [-0.15, -0.1) is 0 Å². The van der Waals surface area contributed by atoms with Gasteiger partial charge in [-0.25, -0.2) is 0 Å². The third-order valence-corrected chi connectivity index (χ3v) is 4.17. The van der Waals surface area contributed by atoms with Crippen molar-refractivity contribution in [2.24, 2.45) is 0 Å². The van der Waals surface area contributed by atoms with Gasteiger partial charge in [-0.1, -0.05) is 17.3 Å². The number of nitrogens with two attached hydrogens (primary N) is 1. The molecule has 5 heteroatoms. The molecule has 1 aliphatic rings. The van der Waals surface area contributed by atoms with Crippen molar-refractivity contribution in [1.82, 2.24) is 10.1 Å². The molecule has 0 atom stereocenters. The first-order valence-electron chi connectivity index (χ1n) is 7.12. The second kappa shape index (κ2) is 5.24. The summed E-state index contributed by atoms with van der Waals surface area (Å²) in [6, 6.07) is 5.94. The minimum absolute atomic E-state index is 0.0957. The molecule has 0 aliphatic carbocycles. The molecule has 1 amide bonds. The molecule has 0 saturated heterocycles. The van der Waals surface area contributed by atoms with Gasteiger partial charge < -0.3 is 15.2 Å². The summed E-state index contributed by atoms with van der Waals surface area (Å²) in [5.74, 6) is 0.816. The predicted molar refractivity (Wildman–Crippen MR) is 79.7 cm³/mol. The second-order valence-corrected chi connectivity index (χ2v) is 5.53. The lowest BCUT2D eigenvalue weighted by Crippen LogP contribution is -2.37. The summed E-state index contributed by atoms with van der Waals surface area (Å²) in [4.78, 5) is 14.4. The van der Waals surface area contributed by atoms with Gasteiger partial charge in [0.1, 0.15) is 5.76 Å². The van der Waals surface area contributed by atoms with Crippen LogP contribution in [0.1, 0.15) is 28.1 Å². The van der Waals surface area contributed by atoms with Crippen molar-refractivity contribution in [2.45, 2.75) is 33.2 Å². The van der Waals surface area contributed by atoms with Crippen molar-refractivity contribution in [1.29, 1.82) is 0 Å². The van der Waals surface area contributed by atoms with Crippen LogP contribution in [0.2, 0.25) is 0 Å². The zero-order chi connectivity index (χ0) is 15.0. The molecule has 2 heterocycles. The smallest absolute Gasteiger partial charge is 0.227 e. The zero-order valence-corrected chi connectivity index (χ0v) is 12.3. The number of hydrogen-bond acceptors (Lipinski definition) is 4. The van der Waals surface area contributed by atoms with Gasteiger partial charge >= 0.3 is 0 Å². The molecule has 2 N–H and O–H groups in total. The molecule has 1 aromatic heterocycles. The highest BCUT2D eigenvalue weighted by Crippen LogP contribution is 2.25. The quantitative estimate of drug-likeness (QED) is 0.857. The van der Waals surface area contributed by atoms with Crippen LogP contribution in [0.4, 0.5) is 5.69 Å². The van der Waals surface area contributed by atoms with Gasteiger partial charge in [0, 0.05) is 24.3 Å². The van der Waals surface area contributed by atoms with E-state index in [-0.39, 0.29) is 5.91 Å². The summed E-state index contributed by atoms with van der Waals surface area (Å²) >= 11 is 0. The van der Waals surface area contributed by atoms with Crippen LogP contribution >= 0.6 is 0 Å². The van der Waals surface area contributed by atoms with Crippen LogP contribution in [-0.4, -0.2) is 22.5 Å². The summed E-state index contributed by atoms with van der Waals surface area (Å²) in [6.07, 6.45) is 1.19. The predicted octanol–water partition coefficient (Wildman–Crippen LogP) is 2.00. The van der Waals surface area contributed by atoms with Crippen molar-refractivity contribution in [3.05, 3.63) is 46.3 Å². The maximum absolute atomic E-state index is 12.5. The number of carbonyl (C=O) groups excluding carboxylic acids is 1. The van der Waals surface area contributed by atoms with E-state index in [2.05, 4.69) is 11.2 Å². The van der Waals surface area contributed by atoms with Crippen molar-refractivity contribution in [3.63, 3.8) is 0 Å². The number of benzene rings is 1. The minimum Gasteiger partial charge on any atom is -0.398 e. The Balaban J connectivity index is 1.77. The van der Waals surface area contributed by atoms with Crippen LogP contribution in [0.5, 0.6) is 0 Å². The molecule has 2 aromatic rings. The highest BCUT2D eigenvalue weighted by Gasteiger charge is 2.23. The lowest BCUT2D eigenvalue weighted by molar-refractivity contribution is -0.131. The molecule has 21 heavy (non-hydrogen) atoms. The fraction of sp³-hybridized carbons (Fsp3) is 0.375. The molecule has 110 valence electrons. The third-order valence-electron chi connectivity index (χ3n) is 4.17.